The van der Waals surface area contributed by atoms with Gasteiger partial charge in [-0.15, -0.1) is 0 Å². The van der Waals surface area contributed by atoms with Gasteiger partial charge in [0.15, 0.2) is 0 Å². The Balaban J connectivity index is 3.06. The third-order valence-corrected chi connectivity index (χ3v) is 3.38. The first-order valence-corrected chi connectivity index (χ1v) is 5.61. The van der Waals surface area contributed by atoms with E-state index in [4.69, 9.17) is 0 Å². The highest BCUT2D eigenvalue weighted by molar-refractivity contribution is 5.28. The van der Waals surface area contributed by atoms with Crippen LogP contribution in [-0.4, -0.2) is 5.11 Å². The summed E-state index contributed by atoms with van der Waals surface area (Å²) in [6.45, 7) is 10.2. The molecule has 0 fully saturated rings. The Morgan fingerprint density at radius 1 is 1.00 bits per heavy atom. The van der Waals surface area contributed by atoms with Crippen molar-refractivity contribution in [3.63, 3.8) is 0 Å². The maximum absolute atomic E-state index is 10.5. The Morgan fingerprint density at radius 2 is 1.47 bits per heavy atom. The quantitative estimate of drug-likeness (QED) is 0.785. The highest BCUT2D eigenvalue weighted by atomic mass is 16.3. The summed E-state index contributed by atoms with van der Waals surface area (Å²) in [6, 6.07) is 8.25. The maximum Gasteiger partial charge on any atom is 0.0916 e. The predicted octanol–water partition coefficient (Wildman–Crippen LogP) is 3.50. The van der Waals surface area contributed by atoms with Gasteiger partial charge >= 0.3 is 0 Å². The third kappa shape index (κ3) is 2.40. The first-order chi connectivity index (χ1) is 6.79. The van der Waals surface area contributed by atoms with E-state index in [0.717, 1.165) is 12.0 Å². The first kappa shape index (κ1) is 12.3. The molecule has 0 aromatic heterocycles. The van der Waals surface area contributed by atoms with Crippen LogP contribution in [0.3, 0.4) is 0 Å². The van der Waals surface area contributed by atoms with Crippen molar-refractivity contribution in [2.45, 2.75) is 46.6 Å². The van der Waals surface area contributed by atoms with Crippen LogP contribution in [0.25, 0.3) is 0 Å². The second-order valence-electron chi connectivity index (χ2n) is 5.37. The average Bonchev–Trinajstić information content (AvgIpc) is 2.16. The van der Waals surface area contributed by atoms with Crippen molar-refractivity contribution in [3.8, 4) is 0 Å². The molecule has 15 heavy (non-hydrogen) atoms. The lowest BCUT2D eigenvalue weighted by atomic mass is 9.73. The molecular weight excluding hydrogens is 184 g/mol. The van der Waals surface area contributed by atoms with Crippen molar-refractivity contribution in [1.29, 1.82) is 0 Å². The molecular formula is C14H22O. The Bertz CT molecular complexity index is 314. The highest BCUT2D eigenvalue weighted by Crippen LogP contribution is 2.38. The molecule has 1 aromatic carbocycles. The largest absolute Gasteiger partial charge is 0.385 e. The van der Waals surface area contributed by atoms with Gasteiger partial charge in [0.1, 0.15) is 0 Å². The number of benzene rings is 1. The molecule has 1 heteroatoms. The lowest BCUT2D eigenvalue weighted by Crippen LogP contribution is -2.36. The molecule has 1 N–H and O–H groups in total. The Labute approximate surface area is 93.1 Å². The summed E-state index contributed by atoms with van der Waals surface area (Å²) in [6.07, 6.45) is 1.04. The predicted molar refractivity (Wildman–Crippen MR) is 64.8 cm³/mol. The molecule has 1 rings (SSSR count). The van der Waals surface area contributed by atoms with Crippen molar-refractivity contribution in [2.24, 2.45) is 5.41 Å². The SMILES string of the molecule is CCc1ccc(C(C)(O)C(C)(C)C)cc1. The van der Waals surface area contributed by atoms with Gasteiger partial charge in [0.25, 0.3) is 0 Å². The molecule has 0 amide bonds. The van der Waals surface area contributed by atoms with Crippen molar-refractivity contribution in [2.75, 3.05) is 0 Å². The van der Waals surface area contributed by atoms with Gasteiger partial charge in [-0.1, -0.05) is 52.0 Å². The topological polar surface area (TPSA) is 20.2 Å². The summed E-state index contributed by atoms with van der Waals surface area (Å²) < 4.78 is 0. The molecule has 0 aliphatic rings. The van der Waals surface area contributed by atoms with Gasteiger partial charge in [-0.2, -0.15) is 0 Å². The zero-order valence-electron chi connectivity index (χ0n) is 10.5. The van der Waals surface area contributed by atoms with Crippen LogP contribution < -0.4 is 0 Å². The van der Waals surface area contributed by atoms with Crippen LogP contribution in [0.1, 0.15) is 45.7 Å². The van der Waals surface area contributed by atoms with Crippen LogP contribution in [0, 0.1) is 5.41 Å². The number of hydrogen-bond acceptors (Lipinski definition) is 1. The molecule has 0 heterocycles. The molecule has 0 saturated heterocycles. The van der Waals surface area contributed by atoms with E-state index in [1.807, 2.05) is 19.1 Å². The minimum absolute atomic E-state index is 0.152. The lowest BCUT2D eigenvalue weighted by molar-refractivity contribution is -0.0470. The first-order valence-electron chi connectivity index (χ1n) is 5.61. The van der Waals surface area contributed by atoms with Crippen molar-refractivity contribution in [1.82, 2.24) is 0 Å². The molecule has 0 radical (unpaired) electrons. The van der Waals surface area contributed by atoms with E-state index in [1.165, 1.54) is 5.56 Å². The summed E-state index contributed by atoms with van der Waals surface area (Å²) in [5.41, 5.74) is 1.37. The summed E-state index contributed by atoms with van der Waals surface area (Å²) >= 11 is 0. The van der Waals surface area contributed by atoms with Crippen LogP contribution in [0.15, 0.2) is 24.3 Å². The van der Waals surface area contributed by atoms with E-state index in [0.29, 0.717) is 0 Å². The van der Waals surface area contributed by atoms with E-state index < -0.39 is 5.60 Å². The van der Waals surface area contributed by atoms with Crippen molar-refractivity contribution < 1.29 is 5.11 Å². The van der Waals surface area contributed by atoms with Gasteiger partial charge < -0.3 is 5.11 Å². The Morgan fingerprint density at radius 3 is 1.80 bits per heavy atom. The molecule has 0 saturated carbocycles. The van der Waals surface area contributed by atoms with Crippen LogP contribution in [0.4, 0.5) is 0 Å². The van der Waals surface area contributed by atoms with Gasteiger partial charge in [0, 0.05) is 0 Å². The smallest absolute Gasteiger partial charge is 0.0916 e. The fraction of sp³-hybridized carbons (Fsp3) is 0.571. The highest BCUT2D eigenvalue weighted by Gasteiger charge is 2.36. The van der Waals surface area contributed by atoms with Gasteiger partial charge in [-0.3, -0.25) is 0 Å². The molecule has 0 spiro atoms. The zero-order chi connectivity index (χ0) is 11.7. The van der Waals surface area contributed by atoms with E-state index in [1.54, 1.807) is 0 Å². The monoisotopic (exact) mass is 206 g/mol. The average molecular weight is 206 g/mol. The third-order valence-electron chi connectivity index (χ3n) is 3.38. The zero-order valence-corrected chi connectivity index (χ0v) is 10.5. The van der Waals surface area contributed by atoms with Crippen LogP contribution in [-0.2, 0) is 12.0 Å². The van der Waals surface area contributed by atoms with Crippen molar-refractivity contribution >= 4 is 0 Å². The van der Waals surface area contributed by atoms with E-state index >= 15 is 0 Å². The maximum atomic E-state index is 10.5. The van der Waals surface area contributed by atoms with E-state index in [9.17, 15) is 5.11 Å². The Hall–Kier alpha value is -0.820. The summed E-state index contributed by atoms with van der Waals surface area (Å²) in [4.78, 5) is 0. The number of aryl methyl sites for hydroxylation is 1. The molecule has 1 nitrogen and oxygen atoms in total. The molecule has 84 valence electrons. The van der Waals surface area contributed by atoms with Crippen LogP contribution in [0.2, 0.25) is 0 Å². The fourth-order valence-electron chi connectivity index (χ4n) is 1.50. The summed E-state index contributed by atoms with van der Waals surface area (Å²) in [7, 11) is 0. The van der Waals surface area contributed by atoms with E-state index in [2.05, 4.69) is 39.8 Å². The molecule has 0 bridgehead atoms. The van der Waals surface area contributed by atoms with Crippen LogP contribution in [0.5, 0.6) is 0 Å². The summed E-state index contributed by atoms with van der Waals surface area (Å²) in [5.74, 6) is 0. The van der Waals surface area contributed by atoms with Gasteiger partial charge in [-0.05, 0) is 29.9 Å². The minimum atomic E-state index is -0.779. The molecule has 0 aliphatic heterocycles. The van der Waals surface area contributed by atoms with Gasteiger partial charge in [0.2, 0.25) is 0 Å². The van der Waals surface area contributed by atoms with Crippen LogP contribution >= 0.6 is 0 Å². The molecule has 1 atom stereocenters. The standard InChI is InChI=1S/C14H22O/c1-6-11-7-9-12(10-8-11)14(5,15)13(2,3)4/h7-10,15H,6H2,1-5H3. The van der Waals surface area contributed by atoms with Gasteiger partial charge in [0.05, 0.1) is 5.60 Å². The minimum Gasteiger partial charge on any atom is -0.385 e. The lowest BCUT2D eigenvalue weighted by Gasteiger charge is -2.37. The molecule has 1 unspecified atom stereocenters. The number of hydrogen-bond donors (Lipinski definition) is 1. The van der Waals surface area contributed by atoms with Gasteiger partial charge in [-0.25, -0.2) is 0 Å². The second-order valence-corrected chi connectivity index (χ2v) is 5.37. The number of aliphatic hydroxyl groups is 1. The molecule has 1 aromatic rings. The van der Waals surface area contributed by atoms with Crippen molar-refractivity contribution in [3.05, 3.63) is 35.4 Å². The fourth-order valence-corrected chi connectivity index (χ4v) is 1.50. The number of rotatable bonds is 2. The molecule has 0 aliphatic carbocycles. The normalized spacial score (nSPS) is 16.1. The summed E-state index contributed by atoms with van der Waals surface area (Å²) in [5, 5.41) is 10.5. The van der Waals surface area contributed by atoms with E-state index in [-0.39, 0.29) is 5.41 Å². The Kier molecular flexibility index (Phi) is 3.25. The second kappa shape index (κ2) is 3.97.